The lowest BCUT2D eigenvalue weighted by molar-refractivity contribution is 0.328. The first-order valence-electron chi connectivity index (χ1n) is 5.20. The molecule has 2 N–H and O–H groups in total. The first-order chi connectivity index (χ1) is 7.47. The van der Waals surface area contributed by atoms with Crippen LogP contribution in [0.2, 0.25) is 0 Å². The molecule has 0 saturated heterocycles. The third-order valence-electron chi connectivity index (χ3n) is 2.26. The van der Waals surface area contributed by atoms with Crippen molar-refractivity contribution in [2.45, 2.75) is 13.0 Å². The Morgan fingerprint density at radius 1 is 1.25 bits per heavy atom. The van der Waals surface area contributed by atoms with Gasteiger partial charge in [-0.3, -0.25) is 0 Å². The number of hydrogen-bond acceptors (Lipinski definition) is 3. The third kappa shape index (κ3) is 5.85. The van der Waals surface area contributed by atoms with Gasteiger partial charge in [0.1, 0.15) is 0 Å². The third-order valence-corrected chi connectivity index (χ3v) is 3.12. The van der Waals surface area contributed by atoms with E-state index in [0.29, 0.717) is 6.42 Å². The molecule has 0 aromatic heterocycles. The Morgan fingerprint density at radius 3 is 2.44 bits per heavy atom. The number of hydrogen-bond donors (Lipinski definition) is 1. The minimum atomic E-state index is -3.32. The summed E-state index contributed by atoms with van der Waals surface area (Å²) in [6.07, 6.45) is 0.572. The Bertz CT molecular complexity index is 403. The molecular formula is C11H18N2O2S. The molecule has 0 spiro atoms. The van der Waals surface area contributed by atoms with Crippen LogP contribution < -0.4 is 5.14 Å². The molecule has 0 fully saturated rings. The van der Waals surface area contributed by atoms with Gasteiger partial charge in [0.25, 0.3) is 0 Å². The largest absolute Gasteiger partial charge is 0.302 e. The van der Waals surface area contributed by atoms with E-state index in [-0.39, 0.29) is 5.75 Å². The Morgan fingerprint density at radius 2 is 1.88 bits per heavy atom. The lowest BCUT2D eigenvalue weighted by Crippen LogP contribution is -2.23. The molecule has 0 saturated carbocycles. The molecule has 1 rings (SSSR count). The SMILES string of the molecule is CN(CCCS(N)(=O)=O)Cc1ccccc1. The summed E-state index contributed by atoms with van der Waals surface area (Å²) in [5, 5.41) is 4.93. The molecule has 0 heterocycles. The molecule has 1 aromatic rings. The summed E-state index contributed by atoms with van der Waals surface area (Å²) >= 11 is 0. The summed E-state index contributed by atoms with van der Waals surface area (Å²) in [4.78, 5) is 2.08. The molecule has 0 atom stereocenters. The van der Waals surface area contributed by atoms with Crippen LogP contribution in [-0.4, -0.2) is 32.7 Å². The van der Waals surface area contributed by atoms with Crippen LogP contribution in [0, 0.1) is 0 Å². The van der Waals surface area contributed by atoms with Gasteiger partial charge in [-0.15, -0.1) is 0 Å². The average molecular weight is 242 g/mol. The van der Waals surface area contributed by atoms with Crippen molar-refractivity contribution in [3.8, 4) is 0 Å². The van der Waals surface area contributed by atoms with Crippen molar-refractivity contribution in [3.63, 3.8) is 0 Å². The van der Waals surface area contributed by atoms with Gasteiger partial charge in [0.05, 0.1) is 5.75 Å². The van der Waals surface area contributed by atoms with Crippen molar-refractivity contribution in [2.75, 3.05) is 19.3 Å². The minimum Gasteiger partial charge on any atom is -0.302 e. The molecule has 1 aromatic carbocycles. The number of sulfonamides is 1. The molecule has 0 aliphatic heterocycles. The second-order valence-electron chi connectivity index (χ2n) is 3.94. The van der Waals surface area contributed by atoms with Crippen LogP contribution in [0.25, 0.3) is 0 Å². The number of nitrogens with two attached hydrogens (primary N) is 1. The highest BCUT2D eigenvalue weighted by molar-refractivity contribution is 7.89. The molecule has 4 nitrogen and oxygen atoms in total. The Labute approximate surface area is 97.1 Å². The summed E-state index contributed by atoms with van der Waals surface area (Å²) in [6, 6.07) is 10.1. The van der Waals surface area contributed by atoms with Gasteiger partial charge in [0, 0.05) is 6.54 Å². The van der Waals surface area contributed by atoms with Gasteiger partial charge in [-0.25, -0.2) is 13.6 Å². The number of benzene rings is 1. The van der Waals surface area contributed by atoms with Gasteiger partial charge < -0.3 is 4.90 Å². The quantitative estimate of drug-likeness (QED) is 0.802. The van der Waals surface area contributed by atoms with Crippen LogP contribution in [0.1, 0.15) is 12.0 Å². The van der Waals surface area contributed by atoms with E-state index >= 15 is 0 Å². The normalized spacial score (nSPS) is 11.9. The molecule has 90 valence electrons. The lowest BCUT2D eigenvalue weighted by atomic mass is 10.2. The smallest absolute Gasteiger partial charge is 0.209 e. The fraction of sp³-hybridized carbons (Fsp3) is 0.455. The summed E-state index contributed by atoms with van der Waals surface area (Å²) in [6.45, 7) is 1.55. The van der Waals surface area contributed by atoms with E-state index in [1.807, 2.05) is 25.2 Å². The van der Waals surface area contributed by atoms with Crippen molar-refractivity contribution in [1.82, 2.24) is 4.90 Å². The van der Waals surface area contributed by atoms with Gasteiger partial charge in [0.15, 0.2) is 0 Å². The fourth-order valence-electron chi connectivity index (χ4n) is 1.51. The van der Waals surface area contributed by atoms with E-state index in [0.717, 1.165) is 13.1 Å². The standard InChI is InChI=1S/C11H18N2O2S/c1-13(8-5-9-16(12,14)15)10-11-6-3-2-4-7-11/h2-4,6-7H,5,8-10H2,1H3,(H2,12,14,15). The van der Waals surface area contributed by atoms with Crippen LogP contribution in [-0.2, 0) is 16.6 Å². The van der Waals surface area contributed by atoms with E-state index < -0.39 is 10.0 Å². The molecule has 5 heteroatoms. The molecular weight excluding hydrogens is 224 g/mol. The number of rotatable bonds is 6. The van der Waals surface area contributed by atoms with E-state index in [4.69, 9.17) is 5.14 Å². The molecule has 0 bridgehead atoms. The van der Waals surface area contributed by atoms with Crippen LogP contribution in [0.5, 0.6) is 0 Å². The maximum atomic E-state index is 10.7. The van der Waals surface area contributed by atoms with E-state index in [1.165, 1.54) is 5.56 Å². The average Bonchev–Trinajstić information content (AvgIpc) is 2.17. The highest BCUT2D eigenvalue weighted by atomic mass is 32.2. The topological polar surface area (TPSA) is 63.4 Å². The van der Waals surface area contributed by atoms with Crippen molar-refractivity contribution in [1.29, 1.82) is 0 Å². The molecule has 0 amide bonds. The van der Waals surface area contributed by atoms with E-state index in [2.05, 4.69) is 17.0 Å². The molecule has 16 heavy (non-hydrogen) atoms. The predicted octanol–water partition coefficient (Wildman–Crippen LogP) is 0.797. The zero-order valence-electron chi connectivity index (χ0n) is 9.46. The summed E-state index contributed by atoms with van der Waals surface area (Å²) in [5.74, 6) is 0.0477. The van der Waals surface area contributed by atoms with E-state index in [9.17, 15) is 8.42 Å². The number of primary sulfonamides is 1. The van der Waals surface area contributed by atoms with Gasteiger partial charge >= 0.3 is 0 Å². The van der Waals surface area contributed by atoms with Crippen LogP contribution in [0.3, 0.4) is 0 Å². The highest BCUT2D eigenvalue weighted by Crippen LogP contribution is 2.03. The Kier molecular flexibility index (Phi) is 4.92. The summed E-state index contributed by atoms with van der Waals surface area (Å²) in [5.41, 5.74) is 1.22. The Hall–Kier alpha value is -0.910. The zero-order chi connectivity index (χ0) is 12.0. The monoisotopic (exact) mass is 242 g/mol. The van der Waals surface area contributed by atoms with Crippen molar-refractivity contribution in [3.05, 3.63) is 35.9 Å². The van der Waals surface area contributed by atoms with Crippen LogP contribution in [0.4, 0.5) is 0 Å². The predicted molar refractivity (Wildman–Crippen MR) is 65.4 cm³/mol. The second-order valence-corrected chi connectivity index (χ2v) is 5.68. The van der Waals surface area contributed by atoms with Crippen molar-refractivity contribution in [2.24, 2.45) is 5.14 Å². The first-order valence-corrected chi connectivity index (χ1v) is 6.92. The summed E-state index contributed by atoms with van der Waals surface area (Å²) in [7, 11) is -1.35. The highest BCUT2D eigenvalue weighted by Gasteiger charge is 2.04. The summed E-state index contributed by atoms with van der Waals surface area (Å²) < 4.78 is 21.5. The maximum Gasteiger partial charge on any atom is 0.209 e. The Balaban J connectivity index is 2.29. The van der Waals surface area contributed by atoms with Gasteiger partial charge in [-0.05, 0) is 25.6 Å². The number of nitrogens with zero attached hydrogens (tertiary/aromatic N) is 1. The molecule has 0 unspecified atom stereocenters. The van der Waals surface area contributed by atoms with E-state index in [1.54, 1.807) is 0 Å². The van der Waals surface area contributed by atoms with Gasteiger partial charge in [-0.2, -0.15) is 0 Å². The van der Waals surface area contributed by atoms with Crippen molar-refractivity contribution >= 4 is 10.0 Å². The second kappa shape index (κ2) is 5.98. The first kappa shape index (κ1) is 13.2. The van der Waals surface area contributed by atoms with Crippen molar-refractivity contribution < 1.29 is 8.42 Å². The lowest BCUT2D eigenvalue weighted by Gasteiger charge is -2.16. The van der Waals surface area contributed by atoms with Crippen LogP contribution in [0.15, 0.2) is 30.3 Å². The molecule has 0 aliphatic rings. The maximum absolute atomic E-state index is 10.7. The zero-order valence-corrected chi connectivity index (χ0v) is 10.3. The van der Waals surface area contributed by atoms with Crippen LogP contribution >= 0.6 is 0 Å². The fourth-order valence-corrected chi connectivity index (χ4v) is 2.04. The minimum absolute atomic E-state index is 0.0477. The van der Waals surface area contributed by atoms with Gasteiger partial charge in [0.2, 0.25) is 10.0 Å². The molecule has 0 radical (unpaired) electrons. The van der Waals surface area contributed by atoms with Gasteiger partial charge in [-0.1, -0.05) is 30.3 Å². The molecule has 0 aliphatic carbocycles.